The van der Waals surface area contributed by atoms with Crippen molar-refractivity contribution in [1.82, 2.24) is 0 Å². The predicted molar refractivity (Wildman–Crippen MR) is 50.7 cm³/mol. The third kappa shape index (κ3) is 10.1. The fourth-order valence-electron chi connectivity index (χ4n) is 0.499. The maximum absolute atomic E-state index is 10.9. The van der Waals surface area contributed by atoms with E-state index >= 15 is 0 Å². The van der Waals surface area contributed by atoms with Crippen LogP contribution in [-0.4, -0.2) is 53.2 Å². The lowest BCUT2D eigenvalue weighted by Crippen LogP contribution is -2.18. The SMILES string of the molecule is O=S(CCS(=O)(=O)O)CCS(=O)(=O)O. The van der Waals surface area contributed by atoms with Crippen LogP contribution in [0.15, 0.2) is 0 Å². The molecule has 7 nitrogen and oxygen atoms in total. The fourth-order valence-corrected chi connectivity index (χ4v) is 3.87. The average molecular weight is 266 g/mol. The number of hydrogen-bond donors (Lipinski definition) is 2. The van der Waals surface area contributed by atoms with Crippen LogP contribution in [0.3, 0.4) is 0 Å². The Kier molecular flexibility index (Phi) is 5.15. The molecule has 0 aromatic heterocycles. The second-order valence-corrected chi connectivity index (χ2v) is 7.26. The molecule has 0 saturated heterocycles. The largest absolute Gasteiger partial charge is 0.286 e. The molecule has 0 aromatic carbocycles. The molecular weight excluding hydrogens is 256 g/mol. The lowest BCUT2D eigenvalue weighted by atomic mass is 10.9. The van der Waals surface area contributed by atoms with Crippen molar-refractivity contribution in [3.8, 4) is 0 Å². The first-order valence-corrected chi connectivity index (χ1v) is 8.06. The van der Waals surface area contributed by atoms with Gasteiger partial charge in [0.15, 0.2) is 0 Å². The van der Waals surface area contributed by atoms with Crippen molar-refractivity contribution in [2.45, 2.75) is 0 Å². The molecule has 0 radical (unpaired) electrons. The lowest BCUT2D eigenvalue weighted by molar-refractivity contribution is 0.483. The Labute approximate surface area is 84.5 Å². The van der Waals surface area contributed by atoms with Gasteiger partial charge in [0.2, 0.25) is 0 Å². The van der Waals surface area contributed by atoms with Crippen molar-refractivity contribution in [2.24, 2.45) is 0 Å². The van der Waals surface area contributed by atoms with Gasteiger partial charge >= 0.3 is 0 Å². The van der Waals surface area contributed by atoms with Crippen LogP contribution in [0.1, 0.15) is 0 Å². The first-order valence-electron chi connectivity index (χ1n) is 3.35. The summed E-state index contributed by atoms with van der Waals surface area (Å²) in [5.74, 6) is -2.08. The monoisotopic (exact) mass is 266 g/mol. The molecule has 0 atom stereocenters. The minimum atomic E-state index is -4.18. The molecule has 0 spiro atoms. The maximum atomic E-state index is 10.9. The summed E-state index contributed by atoms with van der Waals surface area (Å²) in [5.41, 5.74) is 0. The van der Waals surface area contributed by atoms with Crippen molar-refractivity contribution in [3.63, 3.8) is 0 Å². The van der Waals surface area contributed by atoms with Crippen molar-refractivity contribution < 1.29 is 30.1 Å². The van der Waals surface area contributed by atoms with Crippen LogP contribution in [0.5, 0.6) is 0 Å². The highest BCUT2D eigenvalue weighted by atomic mass is 32.2. The molecule has 0 aromatic rings. The van der Waals surface area contributed by atoms with Gasteiger partial charge in [-0.3, -0.25) is 13.3 Å². The van der Waals surface area contributed by atoms with Crippen molar-refractivity contribution in [3.05, 3.63) is 0 Å². The summed E-state index contributed by atoms with van der Waals surface area (Å²) in [7, 11) is -10.0. The Morgan fingerprint density at radius 1 is 0.857 bits per heavy atom. The van der Waals surface area contributed by atoms with Gasteiger partial charge in [-0.1, -0.05) is 0 Å². The van der Waals surface area contributed by atoms with Gasteiger partial charge in [-0.2, -0.15) is 16.8 Å². The lowest BCUT2D eigenvalue weighted by Gasteiger charge is -1.98. The second kappa shape index (κ2) is 5.16. The molecule has 0 saturated carbocycles. The first-order chi connectivity index (χ1) is 6.10. The summed E-state index contributed by atoms with van der Waals surface area (Å²) < 4.78 is 68.2. The molecule has 2 N–H and O–H groups in total. The molecule has 0 heterocycles. The Balaban J connectivity index is 3.91. The van der Waals surface area contributed by atoms with Gasteiger partial charge in [0, 0.05) is 22.3 Å². The van der Waals surface area contributed by atoms with Gasteiger partial charge in [-0.25, -0.2) is 0 Å². The molecule has 14 heavy (non-hydrogen) atoms. The zero-order valence-electron chi connectivity index (χ0n) is 6.99. The van der Waals surface area contributed by atoms with Gasteiger partial charge in [0.1, 0.15) is 0 Å². The Bertz CT molecular complexity index is 353. The quantitative estimate of drug-likeness (QED) is 0.561. The molecule has 0 rings (SSSR count). The average Bonchev–Trinajstić information content (AvgIpc) is 1.94. The normalized spacial score (nSPS) is 13.4. The summed E-state index contributed by atoms with van der Waals surface area (Å²) in [6.07, 6.45) is 0. The maximum Gasteiger partial charge on any atom is 0.265 e. The van der Waals surface area contributed by atoms with E-state index in [-0.39, 0.29) is 11.5 Å². The van der Waals surface area contributed by atoms with Gasteiger partial charge in [-0.15, -0.1) is 0 Å². The van der Waals surface area contributed by atoms with Crippen LogP contribution in [0.2, 0.25) is 0 Å². The van der Waals surface area contributed by atoms with Crippen LogP contribution in [0, 0.1) is 0 Å². The topological polar surface area (TPSA) is 126 Å². The van der Waals surface area contributed by atoms with Crippen LogP contribution in [0.4, 0.5) is 0 Å². The highest BCUT2D eigenvalue weighted by Crippen LogP contribution is 1.91. The molecule has 0 aliphatic heterocycles. The Morgan fingerprint density at radius 2 is 1.14 bits per heavy atom. The minimum absolute atomic E-state index is 0.353. The van der Waals surface area contributed by atoms with Gasteiger partial charge in [0.25, 0.3) is 20.2 Å². The Hall–Kier alpha value is -0.0300. The molecule has 0 fully saturated rings. The summed E-state index contributed by atoms with van der Waals surface area (Å²) >= 11 is 0. The van der Waals surface area contributed by atoms with E-state index in [0.29, 0.717) is 0 Å². The van der Waals surface area contributed by atoms with Crippen LogP contribution < -0.4 is 0 Å². The predicted octanol–water partition coefficient (Wildman–Crippen LogP) is -1.49. The smallest absolute Gasteiger partial charge is 0.265 e. The van der Waals surface area contributed by atoms with Crippen LogP contribution >= 0.6 is 0 Å². The van der Waals surface area contributed by atoms with E-state index in [9.17, 15) is 21.0 Å². The van der Waals surface area contributed by atoms with E-state index in [0.717, 1.165) is 0 Å². The van der Waals surface area contributed by atoms with Crippen LogP contribution in [-0.2, 0) is 31.0 Å². The van der Waals surface area contributed by atoms with E-state index in [4.69, 9.17) is 9.11 Å². The van der Waals surface area contributed by atoms with Gasteiger partial charge < -0.3 is 0 Å². The van der Waals surface area contributed by atoms with Crippen molar-refractivity contribution in [2.75, 3.05) is 23.0 Å². The zero-order chi connectivity index (χ0) is 11.4. The van der Waals surface area contributed by atoms with Gasteiger partial charge in [-0.05, 0) is 0 Å². The minimum Gasteiger partial charge on any atom is -0.286 e. The molecule has 10 heteroatoms. The summed E-state index contributed by atoms with van der Waals surface area (Å²) in [5, 5.41) is 0. The third-order valence-electron chi connectivity index (χ3n) is 1.14. The Morgan fingerprint density at radius 3 is 1.36 bits per heavy atom. The summed E-state index contributed by atoms with van der Waals surface area (Å²) in [6, 6.07) is 0. The van der Waals surface area contributed by atoms with E-state index in [1.165, 1.54) is 0 Å². The molecular formula is C4H10O7S3. The number of hydrogen-bond acceptors (Lipinski definition) is 5. The highest BCUT2D eigenvalue weighted by Gasteiger charge is 2.11. The highest BCUT2D eigenvalue weighted by molar-refractivity contribution is 7.90. The molecule has 0 aliphatic carbocycles. The molecule has 0 bridgehead atoms. The first kappa shape index (κ1) is 14.0. The molecule has 0 unspecified atom stereocenters. The van der Waals surface area contributed by atoms with Crippen molar-refractivity contribution in [1.29, 1.82) is 0 Å². The second-order valence-electron chi connectivity index (χ2n) is 2.42. The standard InChI is InChI=1S/C4H10O7S3/c5-12(1-3-13(6,7)8)2-4-14(9,10)11/h1-4H2,(H,6,7,8)(H,9,10,11). The van der Waals surface area contributed by atoms with Crippen molar-refractivity contribution >= 4 is 31.0 Å². The molecule has 86 valence electrons. The zero-order valence-corrected chi connectivity index (χ0v) is 9.44. The fraction of sp³-hybridized carbons (Fsp3) is 1.00. The molecule has 0 aliphatic rings. The van der Waals surface area contributed by atoms with E-state index < -0.39 is 42.5 Å². The van der Waals surface area contributed by atoms with Crippen LogP contribution in [0.25, 0.3) is 0 Å². The van der Waals surface area contributed by atoms with E-state index in [2.05, 4.69) is 0 Å². The van der Waals surface area contributed by atoms with Gasteiger partial charge in [0.05, 0.1) is 11.5 Å². The number of rotatable bonds is 6. The third-order valence-corrected chi connectivity index (χ3v) is 4.41. The summed E-state index contributed by atoms with van der Waals surface area (Å²) in [4.78, 5) is 0. The van der Waals surface area contributed by atoms with E-state index in [1.54, 1.807) is 0 Å². The van der Waals surface area contributed by atoms with E-state index in [1.807, 2.05) is 0 Å². The molecule has 0 amide bonds. The summed E-state index contributed by atoms with van der Waals surface area (Å²) in [6.45, 7) is 0.